The van der Waals surface area contributed by atoms with Gasteiger partial charge >= 0.3 is 5.97 Å². The van der Waals surface area contributed by atoms with E-state index in [1.54, 1.807) is 13.8 Å². The van der Waals surface area contributed by atoms with Crippen LogP contribution in [0.25, 0.3) is 0 Å². The second kappa shape index (κ2) is 14.6. The Hall–Kier alpha value is -3.30. The maximum Gasteiger partial charge on any atom is 0.328 e. The quantitative estimate of drug-likeness (QED) is 0.113. The van der Waals surface area contributed by atoms with Gasteiger partial charge in [0.2, 0.25) is 29.5 Å². The van der Waals surface area contributed by atoms with Crippen LogP contribution in [-0.4, -0.2) is 111 Å². The number of likely N-dealkylation sites (tertiary alicyclic amines) is 1. The molecule has 15 heteroatoms. The fourth-order valence-electron chi connectivity index (χ4n) is 3.78. The van der Waals surface area contributed by atoms with Gasteiger partial charge in [-0.25, -0.2) is 4.79 Å². The zero-order valence-corrected chi connectivity index (χ0v) is 22.3. The molecule has 0 aromatic heterocycles. The van der Waals surface area contributed by atoms with E-state index in [4.69, 9.17) is 15.9 Å². The van der Waals surface area contributed by atoms with Gasteiger partial charge in [0, 0.05) is 6.54 Å². The third kappa shape index (κ3) is 8.92. The summed E-state index contributed by atoms with van der Waals surface area (Å²) in [5.41, 5.74) is 5.61. The molecule has 0 spiro atoms. The summed E-state index contributed by atoms with van der Waals surface area (Å²) in [5, 5.41) is 37.3. The molecule has 1 aliphatic rings. The molecule has 7 atom stereocenters. The normalized spacial score (nSPS) is 19.9. The zero-order chi connectivity index (χ0) is 29.3. The second-order valence-electron chi connectivity index (χ2n) is 9.73. The lowest BCUT2D eigenvalue weighted by Crippen LogP contribution is -2.59. The Morgan fingerprint density at radius 2 is 1.47 bits per heavy atom. The van der Waals surface area contributed by atoms with Crippen LogP contribution < -0.4 is 27.0 Å². The molecule has 1 aliphatic heterocycles. The first-order valence-electron chi connectivity index (χ1n) is 12.4. The van der Waals surface area contributed by atoms with Gasteiger partial charge in [0.25, 0.3) is 0 Å². The van der Waals surface area contributed by atoms with E-state index in [0.29, 0.717) is 6.42 Å². The number of nitrogens with two attached hydrogens (primary N) is 1. The lowest BCUT2D eigenvalue weighted by molar-refractivity contribution is -0.145. The molecule has 1 heterocycles. The first-order valence-corrected chi connectivity index (χ1v) is 12.4. The number of rotatable bonds is 13. The predicted octanol–water partition coefficient (Wildman–Crippen LogP) is -3.60. The first kappa shape index (κ1) is 32.7. The van der Waals surface area contributed by atoms with Crippen molar-refractivity contribution in [3.05, 3.63) is 0 Å². The highest BCUT2D eigenvalue weighted by molar-refractivity contribution is 5.96. The van der Waals surface area contributed by atoms with E-state index in [2.05, 4.69) is 21.3 Å². The van der Waals surface area contributed by atoms with Crippen molar-refractivity contribution in [1.82, 2.24) is 26.2 Å². The van der Waals surface area contributed by atoms with Crippen molar-refractivity contribution in [3.63, 3.8) is 0 Å². The number of aliphatic hydroxyl groups excluding tert-OH is 2. The third-order valence-corrected chi connectivity index (χ3v) is 6.19. The minimum Gasteiger partial charge on any atom is -0.480 e. The van der Waals surface area contributed by atoms with Crippen molar-refractivity contribution < 1.29 is 44.1 Å². The maximum absolute atomic E-state index is 13.0. The molecule has 0 bridgehead atoms. The summed E-state index contributed by atoms with van der Waals surface area (Å²) in [6, 6.07) is -6.93. The third-order valence-electron chi connectivity index (χ3n) is 6.19. The molecule has 0 saturated carbocycles. The first-order chi connectivity index (χ1) is 17.6. The molecule has 9 N–H and O–H groups in total. The van der Waals surface area contributed by atoms with Crippen LogP contribution >= 0.6 is 0 Å². The van der Waals surface area contributed by atoms with Crippen molar-refractivity contribution in [2.24, 2.45) is 11.7 Å². The Kier molecular flexibility index (Phi) is 12.6. The maximum atomic E-state index is 13.0. The Morgan fingerprint density at radius 3 is 1.97 bits per heavy atom. The molecular formula is C23H40N6O9. The summed E-state index contributed by atoms with van der Waals surface area (Å²) in [4.78, 5) is 75.4. The summed E-state index contributed by atoms with van der Waals surface area (Å²) in [6.45, 7) is 6.87. The van der Waals surface area contributed by atoms with Crippen LogP contribution in [-0.2, 0) is 28.8 Å². The molecule has 216 valence electrons. The van der Waals surface area contributed by atoms with Gasteiger partial charge < -0.3 is 47.2 Å². The van der Waals surface area contributed by atoms with Gasteiger partial charge in [0.1, 0.15) is 36.3 Å². The summed E-state index contributed by atoms with van der Waals surface area (Å²) in [7, 11) is 0. The van der Waals surface area contributed by atoms with Gasteiger partial charge in [0.15, 0.2) is 0 Å². The molecule has 0 aliphatic carbocycles. The summed E-state index contributed by atoms with van der Waals surface area (Å²) < 4.78 is 0. The van der Waals surface area contributed by atoms with Crippen LogP contribution in [0.4, 0.5) is 0 Å². The average molecular weight is 545 g/mol. The molecule has 1 fully saturated rings. The molecule has 0 aromatic rings. The Labute approximate surface area is 220 Å². The van der Waals surface area contributed by atoms with E-state index < -0.39 is 84.5 Å². The summed E-state index contributed by atoms with van der Waals surface area (Å²) in [5.74, 6) is -5.19. The highest BCUT2D eigenvalue weighted by Gasteiger charge is 2.38. The van der Waals surface area contributed by atoms with Crippen LogP contribution in [0.5, 0.6) is 0 Å². The number of carboxylic acids is 1. The highest BCUT2D eigenvalue weighted by Crippen LogP contribution is 2.19. The van der Waals surface area contributed by atoms with E-state index >= 15 is 0 Å². The van der Waals surface area contributed by atoms with Crippen molar-refractivity contribution in [2.75, 3.05) is 13.2 Å². The Balaban J connectivity index is 2.77. The SMILES string of the molecule is CC(C)[C@H](NC(=O)[C@@H](N)[C@@H](C)O)C(=O)N[C@@H](C)C(=O)N[C@@H](C)C(=O)N1CCC[C@H]1C(=O)N[C@@H](CO)C(=O)O. The Morgan fingerprint density at radius 1 is 0.895 bits per heavy atom. The summed E-state index contributed by atoms with van der Waals surface area (Å²) in [6.07, 6.45) is -0.373. The van der Waals surface area contributed by atoms with Crippen molar-refractivity contribution in [3.8, 4) is 0 Å². The number of nitrogens with one attached hydrogen (secondary N) is 4. The van der Waals surface area contributed by atoms with Crippen molar-refractivity contribution >= 4 is 35.5 Å². The van der Waals surface area contributed by atoms with Crippen LogP contribution in [0.15, 0.2) is 0 Å². The molecule has 0 aromatic carbocycles. The van der Waals surface area contributed by atoms with Crippen LogP contribution in [0, 0.1) is 5.92 Å². The standard InChI is InChI=1S/C23H40N6O9/c1-10(2)17(28-20(34)16(24)13(5)31)21(35)25-11(3)18(32)26-12(4)22(36)29-8-6-7-15(29)19(33)27-14(9-30)23(37)38/h10-17,30-31H,6-9,24H2,1-5H3,(H,25,35)(H,26,32)(H,27,33)(H,28,34)(H,37,38)/t11-,12-,13+,14-,15-,16-,17-/m0/s1. The number of carbonyl (C=O) groups excluding carboxylic acids is 5. The van der Waals surface area contributed by atoms with E-state index in [1.807, 2.05) is 0 Å². The molecule has 1 rings (SSSR count). The van der Waals surface area contributed by atoms with Crippen molar-refractivity contribution in [1.29, 1.82) is 0 Å². The molecule has 0 unspecified atom stereocenters. The number of nitrogens with zero attached hydrogens (tertiary/aromatic N) is 1. The van der Waals surface area contributed by atoms with E-state index in [-0.39, 0.29) is 18.9 Å². The van der Waals surface area contributed by atoms with Crippen LogP contribution in [0.3, 0.4) is 0 Å². The minimum atomic E-state index is -1.51. The van der Waals surface area contributed by atoms with Gasteiger partial charge in [0.05, 0.1) is 12.7 Å². The van der Waals surface area contributed by atoms with Crippen LogP contribution in [0.2, 0.25) is 0 Å². The fourth-order valence-corrected chi connectivity index (χ4v) is 3.78. The van der Waals surface area contributed by atoms with E-state index in [0.717, 1.165) is 0 Å². The Bertz CT molecular complexity index is 897. The number of carboxylic acid groups (broad SMARTS) is 1. The number of aliphatic hydroxyl groups is 2. The molecular weight excluding hydrogens is 504 g/mol. The smallest absolute Gasteiger partial charge is 0.328 e. The van der Waals surface area contributed by atoms with Crippen LogP contribution in [0.1, 0.15) is 47.5 Å². The number of hydrogen-bond acceptors (Lipinski definition) is 9. The van der Waals surface area contributed by atoms with E-state index in [9.17, 15) is 33.9 Å². The topological polar surface area (TPSA) is 240 Å². The highest BCUT2D eigenvalue weighted by atomic mass is 16.4. The largest absolute Gasteiger partial charge is 0.480 e. The van der Waals surface area contributed by atoms with Gasteiger partial charge in [-0.2, -0.15) is 0 Å². The lowest BCUT2D eigenvalue weighted by atomic mass is 10.0. The van der Waals surface area contributed by atoms with Gasteiger partial charge in [-0.1, -0.05) is 13.8 Å². The number of hydrogen-bond donors (Lipinski definition) is 8. The van der Waals surface area contributed by atoms with Gasteiger partial charge in [-0.3, -0.25) is 24.0 Å². The zero-order valence-electron chi connectivity index (χ0n) is 22.3. The van der Waals surface area contributed by atoms with E-state index in [1.165, 1.54) is 25.7 Å². The summed E-state index contributed by atoms with van der Waals surface area (Å²) >= 11 is 0. The minimum absolute atomic E-state index is 0.213. The predicted molar refractivity (Wildman–Crippen MR) is 133 cm³/mol. The van der Waals surface area contributed by atoms with Gasteiger partial charge in [-0.05, 0) is 39.5 Å². The molecule has 15 nitrogen and oxygen atoms in total. The molecule has 1 saturated heterocycles. The lowest BCUT2D eigenvalue weighted by Gasteiger charge is -2.29. The average Bonchev–Trinajstić information content (AvgIpc) is 3.33. The molecule has 38 heavy (non-hydrogen) atoms. The number of carbonyl (C=O) groups is 6. The molecule has 5 amide bonds. The molecule has 0 radical (unpaired) electrons. The fraction of sp³-hybridized carbons (Fsp3) is 0.739. The monoisotopic (exact) mass is 544 g/mol. The number of aliphatic carboxylic acids is 1. The second-order valence-corrected chi connectivity index (χ2v) is 9.73. The van der Waals surface area contributed by atoms with Crippen molar-refractivity contribution in [2.45, 2.75) is 89.8 Å². The number of amides is 5. The van der Waals surface area contributed by atoms with Gasteiger partial charge in [-0.15, -0.1) is 0 Å².